The van der Waals surface area contributed by atoms with E-state index in [0.29, 0.717) is 6.04 Å². The Kier molecular flexibility index (Phi) is 4.52. The van der Waals surface area contributed by atoms with Crippen molar-refractivity contribution in [1.82, 2.24) is 4.90 Å². The van der Waals surface area contributed by atoms with Crippen LogP contribution in [0, 0.1) is 9.49 Å². The Morgan fingerprint density at radius 2 is 2.05 bits per heavy atom. The third-order valence-electron chi connectivity index (χ3n) is 5.38. The monoisotopic (exact) mass is 413 g/mol. The van der Waals surface area contributed by atoms with E-state index >= 15 is 0 Å². The molecule has 0 saturated carbocycles. The molecule has 0 aromatic heterocycles. The van der Waals surface area contributed by atoms with Gasteiger partial charge in [-0.3, -0.25) is 9.69 Å². The number of nitrogens with zero attached hydrogens (tertiary/aromatic N) is 1. The second-order valence-corrected chi connectivity index (χ2v) is 7.99. The third kappa shape index (κ3) is 2.48. The zero-order chi connectivity index (χ0) is 15.9. The van der Waals surface area contributed by atoms with Gasteiger partial charge in [-0.2, -0.15) is 0 Å². The molecule has 0 N–H and O–H groups in total. The van der Waals surface area contributed by atoms with E-state index in [1.54, 1.807) is 0 Å². The SMILES string of the molecule is CC(C)OC(=O)[C@H]1CC[C@@H]2CC[C@@]1(c1ccccc1I)N2C. The quantitative estimate of drug-likeness (QED) is 0.556. The number of fused-ring (bicyclic) bond motifs is 2. The van der Waals surface area contributed by atoms with Crippen LogP contribution in [0.3, 0.4) is 0 Å². The van der Waals surface area contributed by atoms with Gasteiger partial charge < -0.3 is 4.74 Å². The van der Waals surface area contributed by atoms with Crippen molar-refractivity contribution >= 4 is 28.6 Å². The van der Waals surface area contributed by atoms with Gasteiger partial charge in [0.2, 0.25) is 0 Å². The fourth-order valence-electron chi connectivity index (χ4n) is 4.39. The van der Waals surface area contributed by atoms with Crippen molar-refractivity contribution < 1.29 is 9.53 Å². The van der Waals surface area contributed by atoms with Crippen LogP contribution in [0.15, 0.2) is 24.3 Å². The minimum absolute atomic E-state index is 0.0261. The predicted octanol–water partition coefficient (Wildman–Crippen LogP) is 3.94. The van der Waals surface area contributed by atoms with Gasteiger partial charge in [-0.15, -0.1) is 0 Å². The van der Waals surface area contributed by atoms with E-state index in [-0.39, 0.29) is 23.5 Å². The topological polar surface area (TPSA) is 29.5 Å². The van der Waals surface area contributed by atoms with Crippen LogP contribution >= 0.6 is 22.6 Å². The highest BCUT2D eigenvalue weighted by Gasteiger charge is 2.57. The summed E-state index contributed by atoms with van der Waals surface area (Å²) in [4.78, 5) is 15.2. The van der Waals surface area contributed by atoms with Crippen LogP contribution < -0.4 is 0 Å². The van der Waals surface area contributed by atoms with E-state index in [9.17, 15) is 4.79 Å². The van der Waals surface area contributed by atoms with Gasteiger partial charge in [0.15, 0.2) is 0 Å². The highest BCUT2D eigenvalue weighted by Crippen LogP contribution is 2.54. The normalized spacial score (nSPS) is 31.5. The number of hydrogen-bond donors (Lipinski definition) is 0. The summed E-state index contributed by atoms with van der Waals surface area (Å²) in [5, 5.41) is 0. The average Bonchev–Trinajstić information content (AvgIpc) is 2.68. The summed E-state index contributed by atoms with van der Waals surface area (Å²) in [6.07, 6.45) is 4.20. The number of esters is 1. The molecule has 1 aromatic carbocycles. The number of benzene rings is 1. The van der Waals surface area contributed by atoms with Crippen LogP contribution in [0.4, 0.5) is 0 Å². The smallest absolute Gasteiger partial charge is 0.311 e. The van der Waals surface area contributed by atoms with E-state index in [0.717, 1.165) is 19.3 Å². The summed E-state index contributed by atoms with van der Waals surface area (Å²) in [6, 6.07) is 9.09. The second kappa shape index (κ2) is 6.11. The lowest BCUT2D eigenvalue weighted by Crippen LogP contribution is -2.54. The van der Waals surface area contributed by atoms with Crippen LogP contribution in [0.1, 0.15) is 45.1 Å². The summed E-state index contributed by atoms with van der Waals surface area (Å²) in [6.45, 7) is 3.86. The number of rotatable bonds is 3. The lowest BCUT2D eigenvalue weighted by atomic mass is 9.73. The Morgan fingerprint density at radius 1 is 1.32 bits per heavy atom. The van der Waals surface area contributed by atoms with Crippen LogP contribution in [-0.2, 0) is 15.1 Å². The fourth-order valence-corrected chi connectivity index (χ4v) is 5.24. The molecule has 0 spiro atoms. The van der Waals surface area contributed by atoms with Gasteiger partial charge in [0.05, 0.1) is 17.6 Å². The lowest BCUT2D eigenvalue weighted by molar-refractivity contribution is -0.161. The zero-order valence-electron chi connectivity index (χ0n) is 13.5. The van der Waals surface area contributed by atoms with Crippen molar-refractivity contribution in [3.63, 3.8) is 0 Å². The number of hydrogen-bond acceptors (Lipinski definition) is 3. The summed E-state index contributed by atoms with van der Waals surface area (Å²) in [5.74, 6) is -0.0866. The molecule has 2 aliphatic rings. The summed E-state index contributed by atoms with van der Waals surface area (Å²) in [5.41, 5.74) is 1.11. The van der Waals surface area contributed by atoms with Crippen molar-refractivity contribution in [2.24, 2.45) is 5.92 Å². The lowest BCUT2D eigenvalue weighted by Gasteiger charge is -2.48. The molecule has 2 saturated heterocycles. The minimum atomic E-state index is -0.188. The van der Waals surface area contributed by atoms with E-state index in [4.69, 9.17) is 4.74 Å². The van der Waals surface area contributed by atoms with Crippen molar-refractivity contribution in [2.75, 3.05) is 7.05 Å². The van der Waals surface area contributed by atoms with Gasteiger partial charge >= 0.3 is 5.97 Å². The van der Waals surface area contributed by atoms with Gasteiger partial charge in [0.25, 0.3) is 0 Å². The van der Waals surface area contributed by atoms with Crippen molar-refractivity contribution in [3.05, 3.63) is 33.4 Å². The Balaban J connectivity index is 2.06. The van der Waals surface area contributed by atoms with Crippen LogP contribution in [0.5, 0.6) is 0 Å². The van der Waals surface area contributed by atoms with Gasteiger partial charge in [0, 0.05) is 9.61 Å². The first-order valence-corrected chi connectivity index (χ1v) is 9.23. The number of halogens is 1. The molecule has 2 aliphatic heterocycles. The maximum atomic E-state index is 12.8. The molecule has 3 atom stereocenters. The largest absolute Gasteiger partial charge is 0.463 e. The maximum Gasteiger partial charge on any atom is 0.311 e. The first kappa shape index (κ1) is 16.2. The van der Waals surface area contributed by atoms with E-state index in [2.05, 4.69) is 58.8 Å². The molecule has 2 fully saturated rings. The Bertz CT molecular complexity index is 574. The molecule has 0 unspecified atom stereocenters. The Hall–Kier alpha value is -0.620. The molecule has 0 amide bonds. The van der Waals surface area contributed by atoms with Crippen LogP contribution in [-0.4, -0.2) is 30.1 Å². The van der Waals surface area contributed by atoms with Gasteiger partial charge in [-0.1, -0.05) is 18.2 Å². The number of piperidine rings is 1. The van der Waals surface area contributed by atoms with Gasteiger partial charge in [-0.25, -0.2) is 0 Å². The molecule has 2 heterocycles. The first-order chi connectivity index (χ1) is 10.5. The Morgan fingerprint density at radius 3 is 2.73 bits per heavy atom. The maximum absolute atomic E-state index is 12.8. The highest BCUT2D eigenvalue weighted by molar-refractivity contribution is 14.1. The van der Waals surface area contributed by atoms with Gasteiger partial charge in [0.1, 0.15) is 0 Å². The summed E-state index contributed by atoms with van der Waals surface area (Å²) >= 11 is 2.40. The van der Waals surface area contributed by atoms with E-state index in [1.165, 1.54) is 15.6 Å². The molecule has 2 bridgehead atoms. The number of ether oxygens (including phenoxy) is 1. The highest BCUT2D eigenvalue weighted by atomic mass is 127. The molecular weight excluding hydrogens is 389 g/mol. The molecule has 4 heteroatoms. The molecule has 120 valence electrons. The van der Waals surface area contributed by atoms with Crippen molar-refractivity contribution in [3.8, 4) is 0 Å². The average molecular weight is 413 g/mol. The van der Waals surface area contributed by atoms with Gasteiger partial charge in [-0.05, 0) is 80.8 Å². The summed E-state index contributed by atoms with van der Waals surface area (Å²) in [7, 11) is 2.19. The zero-order valence-corrected chi connectivity index (χ0v) is 15.7. The number of carbonyl (C=O) groups is 1. The molecule has 22 heavy (non-hydrogen) atoms. The van der Waals surface area contributed by atoms with E-state index < -0.39 is 0 Å². The standard InChI is InChI=1S/C18H24INO2/c1-12(2)22-17(21)15-9-8-13-10-11-18(15,20(13)3)14-6-4-5-7-16(14)19/h4-7,12-13,15H,8-11H2,1-3H3/t13-,15-,18+/m1/s1. The molecule has 0 aliphatic carbocycles. The summed E-state index contributed by atoms with van der Waals surface area (Å²) < 4.78 is 6.85. The van der Waals surface area contributed by atoms with Crippen LogP contribution in [0.25, 0.3) is 0 Å². The molecule has 3 nitrogen and oxygen atoms in total. The molecule has 0 radical (unpaired) electrons. The second-order valence-electron chi connectivity index (χ2n) is 6.82. The predicted molar refractivity (Wildman–Crippen MR) is 95.6 cm³/mol. The fraction of sp³-hybridized carbons (Fsp3) is 0.611. The molecular formula is C18H24INO2. The first-order valence-electron chi connectivity index (χ1n) is 8.15. The van der Waals surface area contributed by atoms with E-state index in [1.807, 2.05) is 13.8 Å². The molecule has 3 rings (SSSR count). The van der Waals surface area contributed by atoms with Crippen molar-refractivity contribution in [2.45, 2.75) is 57.2 Å². The van der Waals surface area contributed by atoms with Crippen molar-refractivity contribution in [1.29, 1.82) is 0 Å². The number of carbonyl (C=O) groups excluding carboxylic acids is 1. The molecule has 1 aromatic rings. The third-order valence-corrected chi connectivity index (χ3v) is 6.32. The minimum Gasteiger partial charge on any atom is -0.463 e. The Labute approximate surface area is 146 Å². The van der Waals surface area contributed by atoms with Crippen LogP contribution in [0.2, 0.25) is 0 Å².